The monoisotopic (exact) mass is 571 g/mol. The van der Waals surface area contributed by atoms with Gasteiger partial charge in [-0.25, -0.2) is 4.98 Å². The van der Waals surface area contributed by atoms with Gasteiger partial charge in [0.1, 0.15) is 9.71 Å². The minimum Gasteiger partial charge on any atom is -0.397 e. The van der Waals surface area contributed by atoms with Gasteiger partial charge in [0.2, 0.25) is 0 Å². The van der Waals surface area contributed by atoms with E-state index in [1.54, 1.807) is 0 Å². The Kier molecular flexibility index (Phi) is 5.60. The molecule has 0 saturated heterocycles. The second-order valence-corrected chi connectivity index (χ2v) is 10.2. The maximum absolute atomic E-state index is 12.9. The van der Waals surface area contributed by atoms with Crippen LogP contribution in [0, 0.1) is 0 Å². The number of rotatable bonds is 2. The molecule has 2 aromatic heterocycles. The SMILES string of the molecule is Nc1c(C(=O)Nc2c(Br)cc(Br)cc2Br)sc2nc3c(cc12)CCCCC3. The summed E-state index contributed by atoms with van der Waals surface area (Å²) < 4.78 is 2.47. The van der Waals surface area contributed by atoms with E-state index >= 15 is 0 Å². The number of hydrogen-bond acceptors (Lipinski definition) is 4. The van der Waals surface area contributed by atoms with E-state index in [9.17, 15) is 4.79 Å². The van der Waals surface area contributed by atoms with Crippen molar-refractivity contribution in [1.29, 1.82) is 0 Å². The highest BCUT2D eigenvalue weighted by Gasteiger charge is 2.21. The summed E-state index contributed by atoms with van der Waals surface area (Å²) in [6.45, 7) is 0. The number of amides is 1. The van der Waals surface area contributed by atoms with Crippen LogP contribution in [0.4, 0.5) is 11.4 Å². The smallest absolute Gasteiger partial charge is 0.268 e. The van der Waals surface area contributed by atoms with Crippen molar-refractivity contribution in [2.45, 2.75) is 32.1 Å². The Balaban J connectivity index is 1.71. The summed E-state index contributed by atoms with van der Waals surface area (Å²) in [5.41, 5.74) is 9.96. The molecule has 8 heteroatoms. The van der Waals surface area contributed by atoms with E-state index in [1.807, 2.05) is 12.1 Å². The van der Waals surface area contributed by atoms with E-state index in [4.69, 9.17) is 10.7 Å². The molecule has 0 aliphatic heterocycles. The molecule has 1 aliphatic carbocycles. The molecule has 140 valence electrons. The van der Waals surface area contributed by atoms with Gasteiger partial charge in [0, 0.05) is 24.5 Å². The van der Waals surface area contributed by atoms with Crippen LogP contribution in [0.15, 0.2) is 31.6 Å². The van der Waals surface area contributed by atoms with Crippen LogP contribution in [0.3, 0.4) is 0 Å². The van der Waals surface area contributed by atoms with Crippen LogP contribution < -0.4 is 11.1 Å². The van der Waals surface area contributed by atoms with E-state index in [-0.39, 0.29) is 5.91 Å². The highest BCUT2D eigenvalue weighted by atomic mass is 79.9. The van der Waals surface area contributed by atoms with Crippen molar-refractivity contribution in [1.82, 2.24) is 4.98 Å². The molecule has 4 rings (SSSR count). The Labute approximate surface area is 186 Å². The number of nitrogen functional groups attached to an aromatic ring is 1. The number of nitrogens with one attached hydrogen (secondary N) is 1. The number of carbonyl (C=O) groups is 1. The van der Waals surface area contributed by atoms with Gasteiger partial charge in [-0.05, 0) is 81.3 Å². The molecule has 0 atom stereocenters. The number of fused-ring (bicyclic) bond motifs is 2. The largest absolute Gasteiger partial charge is 0.397 e. The third-order valence-corrected chi connectivity index (χ3v) is 7.52. The molecule has 1 amide bonds. The van der Waals surface area contributed by atoms with Crippen molar-refractivity contribution in [2.24, 2.45) is 0 Å². The average Bonchev–Trinajstić information content (AvgIpc) is 2.79. The zero-order valence-corrected chi connectivity index (χ0v) is 19.8. The fraction of sp³-hybridized carbons (Fsp3) is 0.263. The maximum Gasteiger partial charge on any atom is 0.268 e. The van der Waals surface area contributed by atoms with Gasteiger partial charge in [0.25, 0.3) is 5.91 Å². The number of halogens is 3. The second kappa shape index (κ2) is 7.81. The third kappa shape index (κ3) is 3.81. The molecule has 0 bridgehead atoms. The summed E-state index contributed by atoms with van der Waals surface area (Å²) >= 11 is 11.8. The molecule has 3 aromatic rings. The molecule has 27 heavy (non-hydrogen) atoms. The number of anilines is 2. The van der Waals surface area contributed by atoms with Gasteiger partial charge in [-0.15, -0.1) is 11.3 Å². The summed E-state index contributed by atoms with van der Waals surface area (Å²) in [6.07, 6.45) is 5.63. The Hall–Kier alpha value is -0.960. The molecule has 1 aliphatic rings. The first-order chi connectivity index (χ1) is 12.9. The number of aromatic nitrogens is 1. The standard InChI is InChI=1S/C19H16Br3N3OS/c20-10-7-12(21)16(13(22)8-10)25-18(26)17-15(23)11-6-9-4-2-1-3-5-14(9)24-19(11)27-17/h6-8H,1-5,23H2,(H,25,26). The van der Waals surface area contributed by atoms with Gasteiger partial charge < -0.3 is 11.1 Å². The lowest BCUT2D eigenvalue weighted by Crippen LogP contribution is -2.12. The number of nitrogens with two attached hydrogens (primary N) is 1. The predicted molar refractivity (Wildman–Crippen MR) is 123 cm³/mol. The number of carbonyl (C=O) groups excluding carboxylic acids is 1. The van der Waals surface area contributed by atoms with E-state index in [0.717, 1.165) is 42.2 Å². The quantitative estimate of drug-likeness (QED) is 0.336. The second-order valence-electron chi connectivity index (χ2n) is 6.55. The van der Waals surface area contributed by atoms with Crippen molar-refractivity contribution < 1.29 is 4.79 Å². The number of pyridine rings is 1. The molecule has 1 aromatic carbocycles. The predicted octanol–water partition coefficient (Wildman–Crippen LogP) is 6.69. The van der Waals surface area contributed by atoms with E-state index in [1.165, 1.54) is 36.2 Å². The van der Waals surface area contributed by atoms with E-state index in [0.29, 0.717) is 16.3 Å². The van der Waals surface area contributed by atoms with Gasteiger partial charge in [0.15, 0.2) is 0 Å². The molecule has 3 N–H and O–H groups in total. The van der Waals surface area contributed by atoms with Crippen LogP contribution in [0.2, 0.25) is 0 Å². The molecular weight excluding hydrogens is 558 g/mol. The number of benzene rings is 1. The number of nitrogens with zero attached hydrogens (tertiary/aromatic N) is 1. The molecule has 0 unspecified atom stereocenters. The topological polar surface area (TPSA) is 68.0 Å². The highest BCUT2D eigenvalue weighted by Crippen LogP contribution is 2.38. The van der Waals surface area contributed by atoms with Crippen LogP contribution in [0.5, 0.6) is 0 Å². The van der Waals surface area contributed by atoms with Crippen molar-refractivity contribution in [3.05, 3.63) is 47.8 Å². The van der Waals surface area contributed by atoms with Crippen LogP contribution in [-0.4, -0.2) is 10.9 Å². The van der Waals surface area contributed by atoms with Crippen molar-refractivity contribution in [2.75, 3.05) is 11.1 Å². The number of hydrogen-bond donors (Lipinski definition) is 2. The van der Waals surface area contributed by atoms with Crippen LogP contribution in [-0.2, 0) is 12.8 Å². The normalized spacial score (nSPS) is 14.0. The summed E-state index contributed by atoms with van der Waals surface area (Å²) in [6, 6.07) is 5.90. The molecule has 2 heterocycles. The Morgan fingerprint density at radius 2 is 1.78 bits per heavy atom. The fourth-order valence-corrected chi connectivity index (χ4v) is 6.79. The molecule has 0 spiro atoms. The molecule has 0 saturated carbocycles. The first-order valence-electron chi connectivity index (χ1n) is 8.60. The summed E-state index contributed by atoms with van der Waals surface area (Å²) in [7, 11) is 0. The minimum absolute atomic E-state index is 0.227. The molecule has 4 nitrogen and oxygen atoms in total. The zero-order chi connectivity index (χ0) is 19.1. The van der Waals surface area contributed by atoms with Gasteiger partial charge in [-0.2, -0.15) is 0 Å². The highest BCUT2D eigenvalue weighted by molar-refractivity contribution is 9.11. The lowest BCUT2D eigenvalue weighted by molar-refractivity contribution is 0.103. The zero-order valence-electron chi connectivity index (χ0n) is 14.2. The Bertz CT molecular complexity index is 1040. The Morgan fingerprint density at radius 1 is 1.07 bits per heavy atom. The number of thiophene rings is 1. The first-order valence-corrected chi connectivity index (χ1v) is 11.8. The lowest BCUT2D eigenvalue weighted by atomic mass is 10.1. The lowest BCUT2D eigenvalue weighted by Gasteiger charge is -2.10. The van der Waals surface area contributed by atoms with Crippen molar-refractivity contribution >= 4 is 86.6 Å². The van der Waals surface area contributed by atoms with E-state index in [2.05, 4.69) is 59.2 Å². The Morgan fingerprint density at radius 3 is 2.52 bits per heavy atom. The van der Waals surface area contributed by atoms with Gasteiger partial charge >= 0.3 is 0 Å². The maximum atomic E-state index is 12.9. The van der Waals surface area contributed by atoms with Crippen LogP contribution in [0.1, 0.15) is 40.2 Å². The van der Waals surface area contributed by atoms with Gasteiger partial charge in [0.05, 0.1) is 11.4 Å². The minimum atomic E-state index is -0.227. The molecule has 0 fully saturated rings. The molecule has 0 radical (unpaired) electrons. The van der Waals surface area contributed by atoms with Crippen LogP contribution in [0.25, 0.3) is 10.2 Å². The van der Waals surface area contributed by atoms with Crippen molar-refractivity contribution in [3.8, 4) is 0 Å². The fourth-order valence-electron chi connectivity index (χ4n) is 3.34. The van der Waals surface area contributed by atoms with Crippen LogP contribution >= 0.6 is 59.1 Å². The van der Waals surface area contributed by atoms with Gasteiger partial charge in [-0.3, -0.25) is 4.79 Å². The summed E-state index contributed by atoms with van der Waals surface area (Å²) in [4.78, 5) is 19.1. The first kappa shape index (κ1) is 19.4. The van der Waals surface area contributed by atoms with Crippen molar-refractivity contribution in [3.63, 3.8) is 0 Å². The number of aryl methyl sites for hydroxylation is 2. The average molecular weight is 574 g/mol. The molecular formula is C19H16Br3N3OS. The van der Waals surface area contributed by atoms with E-state index < -0.39 is 0 Å². The van der Waals surface area contributed by atoms with Gasteiger partial charge in [-0.1, -0.05) is 22.4 Å². The third-order valence-electron chi connectivity index (χ3n) is 4.70. The summed E-state index contributed by atoms with van der Waals surface area (Å²) in [5, 5.41) is 3.84. The summed E-state index contributed by atoms with van der Waals surface area (Å²) in [5.74, 6) is -0.227.